The van der Waals surface area contributed by atoms with Crippen molar-refractivity contribution >= 4 is 22.9 Å². The molecule has 0 aliphatic heterocycles. The molecule has 0 N–H and O–H groups in total. The molecule has 0 amide bonds. The number of hydrogen-bond donors (Lipinski definition) is 0. The van der Waals surface area contributed by atoms with E-state index in [0.717, 1.165) is 11.6 Å². The minimum atomic E-state index is -4.60. The van der Waals surface area contributed by atoms with Gasteiger partial charge >= 0.3 is 11.3 Å². The topological polar surface area (TPSA) is 56.3 Å². The Kier molecular flexibility index (Phi) is 7.21. The monoisotopic (exact) mass is 582 g/mol. The molecule has 42 heavy (non-hydrogen) atoms. The van der Waals surface area contributed by atoms with Gasteiger partial charge in [-0.2, -0.15) is 33.4 Å². The van der Waals surface area contributed by atoms with E-state index in [1.54, 1.807) is 30.3 Å². The summed E-state index contributed by atoms with van der Waals surface area (Å²) in [6, 6.07) is 15.5. The lowest BCUT2D eigenvalue weighted by molar-refractivity contribution is -0.0328. The number of hydrogen-bond acceptors (Lipinski definition) is 3. The van der Waals surface area contributed by atoms with E-state index in [1.165, 1.54) is 18.2 Å². The van der Waals surface area contributed by atoms with Crippen molar-refractivity contribution in [2.45, 2.75) is 30.2 Å². The van der Waals surface area contributed by atoms with Crippen LogP contribution >= 0.6 is 11.8 Å². The van der Waals surface area contributed by atoms with Gasteiger partial charge in [-0.25, -0.2) is 8.78 Å². The molecule has 0 saturated heterocycles. The second-order valence-corrected chi connectivity index (χ2v) is 10.6. The predicted molar refractivity (Wildman–Crippen MR) is 146 cm³/mol. The molecule has 0 atom stereocenters. The van der Waals surface area contributed by atoms with Gasteiger partial charge in [0, 0.05) is 39.3 Å². The third kappa shape index (κ3) is 4.73. The molecule has 0 spiro atoms. The van der Waals surface area contributed by atoms with E-state index >= 15 is 8.78 Å². The Balaban J connectivity index is 1.95. The number of alkyl halides is 3. The van der Waals surface area contributed by atoms with Crippen molar-refractivity contribution < 1.29 is 22.0 Å². The van der Waals surface area contributed by atoms with Gasteiger partial charge in [-0.1, -0.05) is 42.0 Å². The van der Waals surface area contributed by atoms with E-state index < -0.39 is 22.7 Å². The van der Waals surface area contributed by atoms with Crippen LogP contribution in [0, 0.1) is 54.4 Å². The average molecular weight is 583 g/mol. The molecule has 0 radical (unpaired) electrons. The van der Waals surface area contributed by atoms with Crippen LogP contribution in [-0.2, 0) is 12.8 Å². The van der Waals surface area contributed by atoms with Crippen molar-refractivity contribution in [1.82, 2.24) is 0 Å². The number of fused-ring (bicyclic) bond motifs is 2. The summed E-state index contributed by atoms with van der Waals surface area (Å²) in [5, 5.41) is 18.9. The van der Waals surface area contributed by atoms with Gasteiger partial charge in [0.05, 0.1) is 5.57 Å². The van der Waals surface area contributed by atoms with Crippen molar-refractivity contribution in [1.29, 1.82) is 10.5 Å². The second-order valence-electron chi connectivity index (χ2n) is 9.49. The highest BCUT2D eigenvalue weighted by atomic mass is 32.2. The van der Waals surface area contributed by atoms with Crippen molar-refractivity contribution in [2.75, 3.05) is 0 Å². The fourth-order valence-corrected chi connectivity index (χ4v) is 6.08. The minimum absolute atomic E-state index is 0.00140. The Morgan fingerprint density at radius 3 is 1.88 bits per heavy atom. The first-order chi connectivity index (χ1) is 20.0. The lowest BCUT2D eigenvalue weighted by Crippen LogP contribution is -2.27. The maximum atomic E-state index is 16.7. The number of nitrogens with zero attached hydrogens (tertiary/aromatic N) is 4. The number of thioether (sulfide) groups is 1. The normalized spacial score (nSPS) is 13.6. The Hall–Kier alpha value is -5.16. The van der Waals surface area contributed by atoms with Crippen LogP contribution < -0.4 is 10.4 Å². The maximum Gasteiger partial charge on any atom is 0.523 e. The van der Waals surface area contributed by atoms with Crippen LogP contribution in [0.4, 0.5) is 22.0 Å². The predicted octanol–water partition coefficient (Wildman–Crippen LogP) is 6.79. The van der Waals surface area contributed by atoms with E-state index in [4.69, 9.17) is 13.1 Å². The first-order valence-electron chi connectivity index (χ1n) is 12.3. The third-order valence-electron chi connectivity index (χ3n) is 7.05. The highest BCUT2D eigenvalue weighted by molar-refractivity contribution is 8.00. The summed E-state index contributed by atoms with van der Waals surface area (Å²) < 4.78 is 72.7. The number of rotatable bonds is 3. The Labute approximate surface area is 241 Å². The van der Waals surface area contributed by atoms with E-state index in [2.05, 4.69) is 9.69 Å². The number of aryl methyl sites for hydroxylation is 1. The summed E-state index contributed by atoms with van der Waals surface area (Å²) in [4.78, 5) is 6.38. The van der Waals surface area contributed by atoms with E-state index in [9.17, 15) is 23.7 Å². The van der Waals surface area contributed by atoms with Crippen LogP contribution in [0.2, 0.25) is 0 Å². The molecule has 204 valence electrons. The second kappa shape index (κ2) is 10.7. The minimum Gasteiger partial charge on any atom is -0.206 e. The van der Waals surface area contributed by atoms with Gasteiger partial charge in [0.25, 0.3) is 0 Å². The zero-order chi connectivity index (χ0) is 30.3. The van der Waals surface area contributed by atoms with Gasteiger partial charge in [-0.3, -0.25) is 0 Å². The fourth-order valence-electron chi connectivity index (χ4n) is 5.48. The lowest BCUT2D eigenvalue weighted by Gasteiger charge is -2.10. The largest absolute Gasteiger partial charge is 0.523 e. The smallest absolute Gasteiger partial charge is 0.206 e. The van der Waals surface area contributed by atoms with Crippen molar-refractivity contribution in [2.24, 2.45) is 0 Å². The highest BCUT2D eigenvalue weighted by Crippen LogP contribution is 2.40. The molecule has 0 fully saturated rings. The number of halogens is 5. The van der Waals surface area contributed by atoms with Crippen molar-refractivity contribution in [3.8, 4) is 12.1 Å². The summed E-state index contributed by atoms with van der Waals surface area (Å²) in [6.07, 6.45) is -0.624. The molecule has 0 aromatic heterocycles. The molecule has 2 aliphatic carbocycles. The molecule has 0 unspecified atom stereocenters. The number of nitriles is 2. The third-order valence-corrected chi connectivity index (χ3v) is 7.77. The molecular formula is C32H15F5N4S. The summed E-state index contributed by atoms with van der Waals surface area (Å²) in [7, 11) is 0. The molecule has 0 saturated carbocycles. The zero-order valence-electron chi connectivity index (χ0n) is 21.6. The molecule has 0 bridgehead atoms. The fraction of sp³-hybridized carbons (Fsp3) is 0.125. The summed E-state index contributed by atoms with van der Waals surface area (Å²) in [5.74, 6) is -2.06. The van der Waals surface area contributed by atoms with E-state index in [1.807, 2.05) is 13.0 Å². The number of benzene rings is 3. The Morgan fingerprint density at radius 1 is 0.833 bits per heavy atom. The molecule has 3 aromatic carbocycles. The summed E-state index contributed by atoms with van der Waals surface area (Å²) in [6.45, 7) is 16.8. The van der Waals surface area contributed by atoms with Crippen LogP contribution in [0.1, 0.15) is 27.8 Å². The molecule has 3 aromatic rings. The quantitative estimate of drug-likeness (QED) is 0.148. The Morgan fingerprint density at radius 2 is 1.36 bits per heavy atom. The van der Waals surface area contributed by atoms with Crippen LogP contribution in [0.5, 0.6) is 0 Å². The van der Waals surface area contributed by atoms with E-state index in [0.29, 0.717) is 5.56 Å². The SMILES string of the molecule is [C-]#[N+]C([N+]#[C-])=C1Cc2c(F)c3c(c(F)c2=C1c1cccc(C)c1)CC(=C(C#N)C#N)C=3c1cccc(SC(F)(F)F)c1. The first kappa shape index (κ1) is 28.4. The van der Waals surface area contributed by atoms with Crippen LogP contribution in [0.3, 0.4) is 0 Å². The standard InChI is InChI=1S/C32H15F5N4S/c1-16-6-4-7-17(10-16)26-24(31(40-2)41-3)13-23-28(26)29(33)22-12-21(19(14-38)15-39)25(27(22)30(23)34)18-8-5-9-20(11-18)42-32(35,36)37/h4-11H,12-13H2,1H3. The van der Waals surface area contributed by atoms with Crippen molar-refractivity contribution in [3.05, 3.63) is 144 Å². The average Bonchev–Trinajstić information content (AvgIpc) is 3.53. The van der Waals surface area contributed by atoms with Crippen LogP contribution in [0.25, 0.3) is 20.8 Å². The Bertz CT molecular complexity index is 2050. The van der Waals surface area contributed by atoms with Gasteiger partial charge in [-0.05, 0) is 58.7 Å². The summed E-state index contributed by atoms with van der Waals surface area (Å²) in [5.41, 5.74) is -3.59. The number of allylic oxidation sites excluding steroid dienone is 3. The molecule has 2 aliphatic rings. The molecule has 5 rings (SSSR count). The molecule has 4 nitrogen and oxygen atoms in total. The first-order valence-corrected chi connectivity index (χ1v) is 13.1. The lowest BCUT2D eigenvalue weighted by atomic mass is 9.95. The van der Waals surface area contributed by atoms with Gasteiger partial charge in [0.1, 0.15) is 42.5 Å². The molecule has 10 heteroatoms. The van der Waals surface area contributed by atoms with Crippen LogP contribution in [-0.4, -0.2) is 5.51 Å². The van der Waals surface area contributed by atoms with Gasteiger partial charge in [0.15, 0.2) is 0 Å². The maximum absolute atomic E-state index is 16.7. The summed E-state index contributed by atoms with van der Waals surface area (Å²) >= 11 is -0.382. The highest BCUT2D eigenvalue weighted by Gasteiger charge is 2.36. The van der Waals surface area contributed by atoms with Gasteiger partial charge in [-0.15, -0.1) is 0 Å². The van der Waals surface area contributed by atoms with Gasteiger partial charge in [0.2, 0.25) is 0 Å². The van der Waals surface area contributed by atoms with Crippen LogP contribution in [0.15, 0.2) is 76.0 Å². The molecule has 0 heterocycles. The van der Waals surface area contributed by atoms with Gasteiger partial charge < -0.3 is 0 Å². The molecular weight excluding hydrogens is 567 g/mol. The van der Waals surface area contributed by atoms with E-state index in [-0.39, 0.29) is 84.7 Å². The zero-order valence-corrected chi connectivity index (χ0v) is 22.4. The van der Waals surface area contributed by atoms with Crippen molar-refractivity contribution in [3.63, 3.8) is 0 Å².